The molecular formula is C27H22ClN5O3. The minimum absolute atomic E-state index is 0.153. The summed E-state index contributed by atoms with van der Waals surface area (Å²) in [6, 6.07) is 19.6. The van der Waals surface area contributed by atoms with Gasteiger partial charge in [0.25, 0.3) is 5.91 Å². The molecule has 3 N–H and O–H groups in total. The minimum Gasteiger partial charge on any atom is -0.492 e. The zero-order valence-electron chi connectivity index (χ0n) is 19.3. The monoisotopic (exact) mass is 499 g/mol. The van der Waals surface area contributed by atoms with Crippen LogP contribution >= 0.6 is 11.6 Å². The second kappa shape index (κ2) is 10.1. The topological polar surface area (TPSA) is 105 Å². The predicted octanol–water partition coefficient (Wildman–Crippen LogP) is 5.69. The van der Waals surface area contributed by atoms with E-state index in [0.717, 1.165) is 11.1 Å². The van der Waals surface area contributed by atoms with Gasteiger partial charge < -0.3 is 20.7 Å². The van der Waals surface area contributed by atoms with E-state index in [1.807, 2.05) is 31.2 Å². The number of amides is 2. The van der Waals surface area contributed by atoms with Crippen molar-refractivity contribution in [2.24, 2.45) is 0 Å². The summed E-state index contributed by atoms with van der Waals surface area (Å²) in [7, 11) is 0. The number of anilines is 4. The fourth-order valence-electron chi connectivity index (χ4n) is 3.90. The Balaban J connectivity index is 1.34. The largest absolute Gasteiger partial charge is 0.492 e. The summed E-state index contributed by atoms with van der Waals surface area (Å²) < 4.78 is 5.57. The van der Waals surface area contributed by atoms with E-state index in [1.165, 1.54) is 0 Å². The molecule has 0 aliphatic carbocycles. The standard InChI is InChI=1S/C27H22ClN5O3/c1-2-36-23-6-4-3-5-21(23)32-26(35)16-7-10-19(11-8-16)30-27-29-15-17-13-24(34)31-22-14-18(28)9-12-20(22)25(17)33-27/h3-12,14-15H,2,13H2,1H3,(H,31,34)(H,32,35)(H,29,30,33). The van der Waals surface area contributed by atoms with Crippen molar-refractivity contribution in [1.29, 1.82) is 0 Å². The Morgan fingerprint density at radius 2 is 1.92 bits per heavy atom. The van der Waals surface area contributed by atoms with Gasteiger partial charge in [0.2, 0.25) is 11.9 Å². The summed E-state index contributed by atoms with van der Waals surface area (Å²) >= 11 is 6.11. The van der Waals surface area contributed by atoms with E-state index in [4.69, 9.17) is 16.3 Å². The van der Waals surface area contributed by atoms with E-state index in [0.29, 0.717) is 51.6 Å². The molecule has 0 saturated heterocycles. The van der Waals surface area contributed by atoms with E-state index >= 15 is 0 Å². The van der Waals surface area contributed by atoms with E-state index in [2.05, 4.69) is 25.9 Å². The van der Waals surface area contributed by atoms with Crippen LogP contribution in [0.3, 0.4) is 0 Å². The maximum atomic E-state index is 12.7. The van der Waals surface area contributed by atoms with Gasteiger partial charge in [-0.2, -0.15) is 0 Å². The van der Waals surface area contributed by atoms with Gasteiger partial charge in [0.1, 0.15) is 5.75 Å². The van der Waals surface area contributed by atoms with Crippen LogP contribution in [0.1, 0.15) is 22.8 Å². The average molecular weight is 500 g/mol. The molecule has 0 spiro atoms. The summed E-state index contributed by atoms with van der Waals surface area (Å²) in [5, 5.41) is 9.44. The highest BCUT2D eigenvalue weighted by Gasteiger charge is 2.21. The quantitative estimate of drug-likeness (QED) is 0.315. The molecule has 0 atom stereocenters. The van der Waals surface area contributed by atoms with Crippen molar-refractivity contribution in [2.45, 2.75) is 13.3 Å². The minimum atomic E-state index is -0.248. The van der Waals surface area contributed by atoms with Gasteiger partial charge >= 0.3 is 0 Å². The van der Waals surface area contributed by atoms with E-state index in [-0.39, 0.29) is 18.2 Å². The number of para-hydroxylation sites is 2. The van der Waals surface area contributed by atoms with Gasteiger partial charge in [0.15, 0.2) is 0 Å². The van der Waals surface area contributed by atoms with Gasteiger partial charge in [-0.05, 0) is 61.5 Å². The first-order valence-corrected chi connectivity index (χ1v) is 11.7. The van der Waals surface area contributed by atoms with Gasteiger partial charge in [-0.3, -0.25) is 9.59 Å². The first kappa shape index (κ1) is 23.3. The summed E-state index contributed by atoms with van der Waals surface area (Å²) in [5.41, 5.74) is 4.56. The average Bonchev–Trinajstić information content (AvgIpc) is 3.00. The molecule has 9 heteroatoms. The summed E-state index contributed by atoms with van der Waals surface area (Å²) in [6.45, 7) is 2.40. The first-order chi connectivity index (χ1) is 17.5. The molecule has 1 aromatic heterocycles. The molecule has 3 aromatic carbocycles. The molecule has 180 valence electrons. The van der Waals surface area contributed by atoms with Gasteiger partial charge in [0, 0.05) is 33.6 Å². The Morgan fingerprint density at radius 1 is 1.11 bits per heavy atom. The van der Waals surface area contributed by atoms with Crippen LogP contribution in [0.25, 0.3) is 11.3 Å². The lowest BCUT2D eigenvalue weighted by molar-refractivity contribution is -0.115. The molecule has 1 aliphatic rings. The third kappa shape index (κ3) is 4.99. The zero-order chi connectivity index (χ0) is 25.1. The summed E-state index contributed by atoms with van der Waals surface area (Å²) in [4.78, 5) is 34.1. The number of hydrogen-bond donors (Lipinski definition) is 3. The number of carbonyl (C=O) groups is 2. The number of ether oxygens (including phenoxy) is 1. The number of nitrogens with one attached hydrogen (secondary N) is 3. The predicted molar refractivity (Wildman–Crippen MR) is 140 cm³/mol. The van der Waals surface area contributed by atoms with Crippen molar-refractivity contribution in [2.75, 3.05) is 22.6 Å². The lowest BCUT2D eigenvalue weighted by Crippen LogP contribution is -2.13. The van der Waals surface area contributed by atoms with E-state index < -0.39 is 0 Å². The maximum absolute atomic E-state index is 12.7. The first-order valence-electron chi connectivity index (χ1n) is 11.4. The second-order valence-corrected chi connectivity index (χ2v) is 8.50. The Morgan fingerprint density at radius 3 is 2.72 bits per heavy atom. The van der Waals surface area contributed by atoms with Crippen molar-refractivity contribution in [3.63, 3.8) is 0 Å². The molecule has 2 amide bonds. The van der Waals surface area contributed by atoms with Crippen LogP contribution in [0.15, 0.2) is 72.9 Å². The molecule has 0 bridgehead atoms. The lowest BCUT2D eigenvalue weighted by Gasteiger charge is -2.12. The number of carbonyl (C=O) groups excluding carboxylic acids is 2. The molecule has 0 fully saturated rings. The lowest BCUT2D eigenvalue weighted by atomic mass is 10.1. The zero-order valence-corrected chi connectivity index (χ0v) is 20.1. The van der Waals surface area contributed by atoms with Gasteiger partial charge in [0.05, 0.1) is 30.1 Å². The van der Waals surface area contributed by atoms with Crippen LogP contribution in [0.4, 0.5) is 23.0 Å². The highest BCUT2D eigenvalue weighted by Crippen LogP contribution is 2.35. The van der Waals surface area contributed by atoms with Gasteiger partial charge in [-0.15, -0.1) is 0 Å². The molecule has 8 nitrogen and oxygen atoms in total. The van der Waals surface area contributed by atoms with Crippen molar-refractivity contribution in [1.82, 2.24) is 9.97 Å². The SMILES string of the molecule is CCOc1ccccc1NC(=O)c1ccc(Nc2ncc3c(n2)-c2ccc(Cl)cc2NC(=O)C3)cc1. The van der Waals surface area contributed by atoms with E-state index in [9.17, 15) is 9.59 Å². The number of rotatable bonds is 6. The van der Waals surface area contributed by atoms with Gasteiger partial charge in [-0.1, -0.05) is 23.7 Å². The van der Waals surface area contributed by atoms with Crippen LogP contribution in [0.2, 0.25) is 5.02 Å². The van der Waals surface area contributed by atoms with Crippen LogP contribution in [0, 0.1) is 0 Å². The Kier molecular flexibility index (Phi) is 6.51. The number of benzene rings is 3. The molecule has 1 aliphatic heterocycles. The third-order valence-corrected chi connectivity index (χ3v) is 5.80. The molecule has 5 rings (SSSR count). The number of nitrogens with zero attached hydrogens (tertiary/aromatic N) is 2. The molecular weight excluding hydrogens is 478 g/mol. The normalized spacial score (nSPS) is 12.0. The van der Waals surface area contributed by atoms with Crippen LogP contribution < -0.4 is 20.7 Å². The highest BCUT2D eigenvalue weighted by molar-refractivity contribution is 6.31. The van der Waals surface area contributed by atoms with E-state index in [1.54, 1.807) is 48.7 Å². The molecule has 0 saturated carbocycles. The third-order valence-electron chi connectivity index (χ3n) is 5.56. The van der Waals surface area contributed by atoms with Crippen molar-refractivity contribution in [3.8, 4) is 17.0 Å². The van der Waals surface area contributed by atoms with Crippen molar-refractivity contribution in [3.05, 3.63) is 89.1 Å². The Hall–Kier alpha value is -4.43. The fraction of sp³-hybridized carbons (Fsp3) is 0.111. The number of fused-ring (bicyclic) bond motifs is 3. The smallest absolute Gasteiger partial charge is 0.255 e. The molecule has 0 unspecified atom stereocenters. The Labute approximate surface area is 212 Å². The second-order valence-electron chi connectivity index (χ2n) is 8.07. The van der Waals surface area contributed by atoms with Crippen LogP contribution in [-0.4, -0.2) is 28.4 Å². The summed E-state index contributed by atoms with van der Waals surface area (Å²) in [6.07, 6.45) is 1.81. The fourth-order valence-corrected chi connectivity index (χ4v) is 4.08. The molecule has 36 heavy (non-hydrogen) atoms. The maximum Gasteiger partial charge on any atom is 0.255 e. The van der Waals surface area contributed by atoms with Crippen molar-refractivity contribution >= 4 is 46.4 Å². The summed E-state index contributed by atoms with van der Waals surface area (Å²) in [5.74, 6) is 0.585. The number of hydrogen-bond acceptors (Lipinski definition) is 6. The highest BCUT2D eigenvalue weighted by atomic mass is 35.5. The molecule has 0 radical (unpaired) electrons. The van der Waals surface area contributed by atoms with Crippen molar-refractivity contribution < 1.29 is 14.3 Å². The van der Waals surface area contributed by atoms with Gasteiger partial charge in [-0.25, -0.2) is 9.97 Å². The number of aromatic nitrogens is 2. The Bertz CT molecular complexity index is 1460. The van der Waals surface area contributed by atoms with Crippen LogP contribution in [-0.2, 0) is 11.2 Å². The number of halogens is 1. The molecule has 2 heterocycles. The van der Waals surface area contributed by atoms with Crippen LogP contribution in [0.5, 0.6) is 5.75 Å². The molecule has 4 aromatic rings.